The number of nitrogens with zero attached hydrogens (tertiary/aromatic N) is 5. The molecular weight excluding hydrogens is 280 g/mol. The van der Waals surface area contributed by atoms with Crippen molar-refractivity contribution in [3.63, 3.8) is 0 Å². The maximum absolute atomic E-state index is 11.2. The number of hydrogen-bond acceptors (Lipinski definition) is 6. The highest BCUT2D eigenvalue weighted by atomic mass is 16.2. The molecule has 0 aromatic carbocycles. The zero-order chi connectivity index (χ0) is 15.7. The number of aromatic nitrogens is 2. The Bertz CT molecular complexity index is 549. The molecule has 1 aromatic rings. The minimum atomic E-state index is 0.134. The second-order valence-corrected chi connectivity index (χ2v) is 6.25. The Balaban J connectivity index is 1.64. The SMILES string of the molecule is CC(=O)N1CC(Nc2cc(C)nc(N3CCN(C)CC3)n2)C1. The van der Waals surface area contributed by atoms with Crippen LogP contribution in [0.1, 0.15) is 12.6 Å². The molecule has 3 heterocycles. The predicted octanol–water partition coefficient (Wildman–Crippen LogP) is 0.179. The Morgan fingerprint density at radius 1 is 1.23 bits per heavy atom. The Kier molecular flexibility index (Phi) is 4.15. The van der Waals surface area contributed by atoms with Crippen molar-refractivity contribution < 1.29 is 4.79 Å². The van der Waals surface area contributed by atoms with E-state index in [1.165, 1.54) is 0 Å². The molecule has 7 nitrogen and oxygen atoms in total. The molecule has 2 fully saturated rings. The standard InChI is InChI=1S/C15H24N6O/c1-11-8-14(17-13-9-21(10-13)12(2)22)18-15(16-11)20-6-4-19(3)5-7-20/h8,13H,4-7,9-10H2,1-3H3,(H,16,17,18). The molecule has 3 rings (SSSR count). The summed E-state index contributed by atoms with van der Waals surface area (Å²) in [7, 11) is 2.14. The van der Waals surface area contributed by atoms with E-state index in [1.54, 1.807) is 6.92 Å². The number of anilines is 2. The van der Waals surface area contributed by atoms with E-state index in [-0.39, 0.29) is 5.91 Å². The van der Waals surface area contributed by atoms with Gasteiger partial charge in [-0.25, -0.2) is 4.98 Å². The van der Waals surface area contributed by atoms with Gasteiger partial charge in [0, 0.05) is 58.0 Å². The second kappa shape index (κ2) is 6.08. The molecule has 1 N–H and O–H groups in total. The van der Waals surface area contributed by atoms with Gasteiger partial charge >= 0.3 is 0 Å². The smallest absolute Gasteiger partial charge is 0.227 e. The highest BCUT2D eigenvalue weighted by molar-refractivity contribution is 5.74. The summed E-state index contributed by atoms with van der Waals surface area (Å²) >= 11 is 0. The molecule has 0 radical (unpaired) electrons. The first-order valence-corrected chi connectivity index (χ1v) is 7.82. The monoisotopic (exact) mass is 304 g/mol. The van der Waals surface area contributed by atoms with Gasteiger partial charge in [-0.3, -0.25) is 4.79 Å². The highest BCUT2D eigenvalue weighted by Gasteiger charge is 2.28. The number of piperazine rings is 1. The molecule has 0 atom stereocenters. The van der Waals surface area contributed by atoms with Crippen LogP contribution in [0.3, 0.4) is 0 Å². The molecule has 7 heteroatoms. The second-order valence-electron chi connectivity index (χ2n) is 6.25. The van der Waals surface area contributed by atoms with Gasteiger partial charge in [0.1, 0.15) is 5.82 Å². The molecule has 0 saturated carbocycles. The Morgan fingerprint density at radius 3 is 2.55 bits per heavy atom. The summed E-state index contributed by atoms with van der Waals surface area (Å²) in [4.78, 5) is 26.8. The van der Waals surface area contributed by atoms with E-state index in [9.17, 15) is 4.79 Å². The zero-order valence-corrected chi connectivity index (χ0v) is 13.5. The molecule has 2 saturated heterocycles. The van der Waals surface area contributed by atoms with Crippen molar-refractivity contribution in [2.75, 3.05) is 56.5 Å². The third-order valence-electron chi connectivity index (χ3n) is 4.31. The van der Waals surface area contributed by atoms with E-state index < -0.39 is 0 Å². The third-order valence-corrected chi connectivity index (χ3v) is 4.31. The van der Waals surface area contributed by atoms with Crippen molar-refractivity contribution in [3.05, 3.63) is 11.8 Å². The summed E-state index contributed by atoms with van der Waals surface area (Å²) in [5.41, 5.74) is 0.967. The highest BCUT2D eigenvalue weighted by Crippen LogP contribution is 2.18. The first-order chi connectivity index (χ1) is 10.5. The average Bonchev–Trinajstić information content (AvgIpc) is 2.42. The maximum atomic E-state index is 11.2. The van der Waals surface area contributed by atoms with Gasteiger partial charge in [0.15, 0.2) is 0 Å². The number of carbonyl (C=O) groups is 1. The first-order valence-electron chi connectivity index (χ1n) is 7.82. The summed E-state index contributed by atoms with van der Waals surface area (Å²) in [5.74, 6) is 1.79. The number of rotatable bonds is 3. The van der Waals surface area contributed by atoms with Gasteiger partial charge in [0.05, 0.1) is 6.04 Å². The molecule has 0 spiro atoms. The molecule has 0 unspecified atom stereocenters. The molecule has 1 amide bonds. The largest absolute Gasteiger partial charge is 0.364 e. The van der Waals surface area contributed by atoms with Gasteiger partial charge in [0.2, 0.25) is 11.9 Å². The van der Waals surface area contributed by atoms with Crippen LogP contribution in [0.4, 0.5) is 11.8 Å². The van der Waals surface area contributed by atoms with Gasteiger partial charge in [0.25, 0.3) is 0 Å². The van der Waals surface area contributed by atoms with E-state index in [2.05, 4.69) is 32.1 Å². The van der Waals surface area contributed by atoms with Crippen LogP contribution in [0.25, 0.3) is 0 Å². The molecule has 0 aliphatic carbocycles. The van der Waals surface area contributed by atoms with Crippen LogP contribution in [0.5, 0.6) is 0 Å². The number of carbonyl (C=O) groups excluding carboxylic acids is 1. The van der Waals surface area contributed by atoms with Crippen LogP contribution in [-0.2, 0) is 4.79 Å². The number of nitrogens with one attached hydrogen (secondary N) is 1. The quantitative estimate of drug-likeness (QED) is 0.859. The van der Waals surface area contributed by atoms with Gasteiger partial charge in [-0.2, -0.15) is 4.98 Å². The Labute approximate surface area is 131 Å². The topological polar surface area (TPSA) is 64.6 Å². The Hall–Kier alpha value is -1.89. The summed E-state index contributed by atoms with van der Waals surface area (Å²) in [6, 6.07) is 2.26. The third kappa shape index (κ3) is 3.30. The molecule has 22 heavy (non-hydrogen) atoms. The molecule has 120 valence electrons. The zero-order valence-electron chi connectivity index (χ0n) is 13.5. The lowest BCUT2D eigenvalue weighted by molar-refractivity contribution is -0.132. The molecule has 0 bridgehead atoms. The molecule has 2 aliphatic heterocycles. The average molecular weight is 304 g/mol. The summed E-state index contributed by atoms with van der Waals surface area (Å²) in [6.07, 6.45) is 0. The van der Waals surface area contributed by atoms with Crippen LogP contribution in [0.15, 0.2) is 6.07 Å². The van der Waals surface area contributed by atoms with E-state index in [4.69, 9.17) is 0 Å². The van der Waals surface area contributed by atoms with Gasteiger partial charge in [-0.15, -0.1) is 0 Å². The van der Waals surface area contributed by atoms with Crippen molar-refractivity contribution in [2.24, 2.45) is 0 Å². The van der Waals surface area contributed by atoms with Crippen molar-refractivity contribution >= 4 is 17.7 Å². The first kappa shape index (κ1) is 15.0. The number of likely N-dealkylation sites (tertiary alicyclic amines) is 1. The minimum Gasteiger partial charge on any atom is -0.364 e. The van der Waals surface area contributed by atoms with Crippen molar-refractivity contribution in [1.29, 1.82) is 0 Å². The lowest BCUT2D eigenvalue weighted by atomic mass is 10.1. The van der Waals surface area contributed by atoms with E-state index in [0.29, 0.717) is 6.04 Å². The van der Waals surface area contributed by atoms with Crippen LogP contribution in [-0.4, -0.2) is 78.0 Å². The van der Waals surface area contributed by atoms with Crippen molar-refractivity contribution in [3.8, 4) is 0 Å². The van der Waals surface area contributed by atoms with Gasteiger partial charge in [-0.1, -0.05) is 0 Å². The van der Waals surface area contributed by atoms with Crippen LogP contribution in [0.2, 0.25) is 0 Å². The lowest BCUT2D eigenvalue weighted by Gasteiger charge is -2.39. The van der Waals surface area contributed by atoms with E-state index >= 15 is 0 Å². The van der Waals surface area contributed by atoms with Crippen molar-refractivity contribution in [1.82, 2.24) is 19.8 Å². The number of likely N-dealkylation sites (N-methyl/N-ethyl adjacent to an activating group) is 1. The van der Waals surface area contributed by atoms with E-state index in [0.717, 1.165) is 56.7 Å². The van der Waals surface area contributed by atoms with Gasteiger partial charge in [-0.05, 0) is 14.0 Å². The predicted molar refractivity (Wildman–Crippen MR) is 86.1 cm³/mol. The van der Waals surface area contributed by atoms with E-state index in [1.807, 2.05) is 17.9 Å². The fourth-order valence-electron chi connectivity index (χ4n) is 2.81. The van der Waals surface area contributed by atoms with Gasteiger partial charge < -0.3 is 20.0 Å². The fourth-order valence-corrected chi connectivity index (χ4v) is 2.81. The molecular formula is C15H24N6O. The molecule has 2 aliphatic rings. The number of aryl methyl sites for hydroxylation is 1. The minimum absolute atomic E-state index is 0.134. The van der Waals surface area contributed by atoms with Crippen molar-refractivity contribution in [2.45, 2.75) is 19.9 Å². The summed E-state index contributed by atoms with van der Waals surface area (Å²) < 4.78 is 0. The normalized spacial score (nSPS) is 20.0. The number of amides is 1. The Morgan fingerprint density at radius 2 is 1.91 bits per heavy atom. The maximum Gasteiger partial charge on any atom is 0.227 e. The van der Waals surface area contributed by atoms with Crippen LogP contribution < -0.4 is 10.2 Å². The van der Waals surface area contributed by atoms with Crippen LogP contribution >= 0.6 is 0 Å². The summed E-state index contributed by atoms with van der Waals surface area (Å²) in [6.45, 7) is 9.10. The number of hydrogen-bond donors (Lipinski definition) is 1. The van der Waals surface area contributed by atoms with Crippen LogP contribution in [0, 0.1) is 6.92 Å². The molecule has 1 aromatic heterocycles. The fraction of sp³-hybridized carbons (Fsp3) is 0.667. The lowest BCUT2D eigenvalue weighted by Crippen LogP contribution is -2.56. The summed E-state index contributed by atoms with van der Waals surface area (Å²) in [5, 5.41) is 3.41.